The van der Waals surface area contributed by atoms with Crippen molar-refractivity contribution in [2.45, 2.75) is 33.1 Å². The second-order valence-electron chi connectivity index (χ2n) is 9.61. The fourth-order valence-electron chi connectivity index (χ4n) is 4.58. The summed E-state index contributed by atoms with van der Waals surface area (Å²) in [6.45, 7) is 7.90. The van der Waals surface area contributed by atoms with Gasteiger partial charge in [-0.1, -0.05) is 49.4 Å². The lowest BCUT2D eigenvalue weighted by atomic mass is 9.97. The van der Waals surface area contributed by atoms with Crippen LogP contribution in [0.3, 0.4) is 0 Å². The van der Waals surface area contributed by atoms with Crippen LogP contribution < -0.4 is 15.5 Å². The predicted molar refractivity (Wildman–Crippen MR) is 150 cm³/mol. The van der Waals surface area contributed by atoms with Gasteiger partial charge in [0.05, 0.1) is 5.56 Å². The third-order valence-electron chi connectivity index (χ3n) is 6.83. The molecule has 0 saturated carbocycles. The van der Waals surface area contributed by atoms with Gasteiger partial charge in [-0.3, -0.25) is 9.59 Å². The van der Waals surface area contributed by atoms with Gasteiger partial charge in [0.2, 0.25) is 0 Å². The van der Waals surface area contributed by atoms with E-state index in [2.05, 4.69) is 22.5 Å². The van der Waals surface area contributed by atoms with E-state index in [9.17, 15) is 9.59 Å². The highest BCUT2D eigenvalue weighted by atomic mass is 16.5. The monoisotopic (exact) mass is 499 g/mol. The molecule has 6 heteroatoms. The van der Waals surface area contributed by atoms with Crippen LogP contribution in [-0.2, 0) is 4.74 Å². The maximum atomic E-state index is 13.2. The zero-order valence-electron chi connectivity index (χ0n) is 21.8. The molecule has 6 nitrogen and oxygen atoms in total. The summed E-state index contributed by atoms with van der Waals surface area (Å²) < 4.78 is 5.38. The van der Waals surface area contributed by atoms with Gasteiger partial charge in [0.1, 0.15) is 0 Å². The Labute approximate surface area is 220 Å². The molecule has 0 radical (unpaired) electrons. The topological polar surface area (TPSA) is 70.7 Å². The van der Waals surface area contributed by atoms with Crippen LogP contribution in [0.4, 0.5) is 11.4 Å². The number of carbonyl (C=O) groups is 2. The summed E-state index contributed by atoms with van der Waals surface area (Å²) in [6.07, 6.45) is 2.96. The first-order valence-corrected chi connectivity index (χ1v) is 13.3. The molecule has 1 saturated heterocycles. The first-order chi connectivity index (χ1) is 18.0. The molecule has 37 heavy (non-hydrogen) atoms. The Morgan fingerprint density at radius 3 is 2.32 bits per heavy atom. The minimum absolute atomic E-state index is 0.131. The Bertz CT molecular complexity index is 1170. The van der Waals surface area contributed by atoms with E-state index < -0.39 is 0 Å². The van der Waals surface area contributed by atoms with Crippen molar-refractivity contribution in [1.29, 1.82) is 0 Å². The van der Waals surface area contributed by atoms with Crippen LogP contribution in [0.5, 0.6) is 0 Å². The number of nitrogens with zero attached hydrogens (tertiary/aromatic N) is 1. The Hall–Kier alpha value is -3.64. The maximum absolute atomic E-state index is 13.2. The first-order valence-electron chi connectivity index (χ1n) is 13.3. The predicted octanol–water partition coefficient (Wildman–Crippen LogP) is 6.00. The lowest BCUT2D eigenvalue weighted by Crippen LogP contribution is -2.35. The Morgan fingerprint density at radius 1 is 0.919 bits per heavy atom. The number of anilines is 2. The Balaban J connectivity index is 1.49. The van der Waals surface area contributed by atoms with Crippen molar-refractivity contribution < 1.29 is 14.3 Å². The van der Waals surface area contributed by atoms with E-state index in [0.717, 1.165) is 49.2 Å². The summed E-state index contributed by atoms with van der Waals surface area (Å²) >= 11 is 0. The second kappa shape index (κ2) is 13.1. The van der Waals surface area contributed by atoms with E-state index in [1.165, 1.54) is 0 Å². The van der Waals surface area contributed by atoms with Gasteiger partial charge >= 0.3 is 0 Å². The minimum atomic E-state index is -0.206. The first kappa shape index (κ1) is 26.4. The number of carbonyl (C=O) groups excluding carboxylic acids is 2. The molecule has 3 aromatic carbocycles. The van der Waals surface area contributed by atoms with Crippen LogP contribution >= 0.6 is 0 Å². The van der Waals surface area contributed by atoms with Crippen molar-refractivity contribution in [3.05, 3.63) is 83.9 Å². The van der Waals surface area contributed by atoms with Crippen LogP contribution in [0.1, 0.15) is 53.8 Å². The molecule has 194 valence electrons. The van der Waals surface area contributed by atoms with Gasteiger partial charge in [-0.25, -0.2) is 0 Å². The van der Waals surface area contributed by atoms with Crippen molar-refractivity contribution in [3.63, 3.8) is 0 Å². The molecule has 1 aliphatic heterocycles. The van der Waals surface area contributed by atoms with Crippen LogP contribution in [0.2, 0.25) is 0 Å². The van der Waals surface area contributed by atoms with Crippen molar-refractivity contribution >= 4 is 23.2 Å². The van der Waals surface area contributed by atoms with Crippen LogP contribution in [-0.4, -0.2) is 44.7 Å². The molecule has 1 heterocycles. The molecule has 0 aromatic heterocycles. The van der Waals surface area contributed by atoms with Crippen molar-refractivity contribution in [2.75, 3.05) is 43.1 Å². The highest BCUT2D eigenvalue weighted by Crippen LogP contribution is 2.29. The summed E-state index contributed by atoms with van der Waals surface area (Å²) in [4.78, 5) is 28.5. The van der Waals surface area contributed by atoms with Gasteiger partial charge in [0, 0.05) is 49.8 Å². The van der Waals surface area contributed by atoms with E-state index in [0.29, 0.717) is 42.5 Å². The molecule has 2 amide bonds. The van der Waals surface area contributed by atoms with Crippen molar-refractivity contribution in [2.24, 2.45) is 5.92 Å². The van der Waals surface area contributed by atoms with E-state index >= 15 is 0 Å². The zero-order chi connectivity index (χ0) is 26.0. The molecule has 0 bridgehead atoms. The number of rotatable bonds is 10. The normalized spacial score (nSPS) is 13.8. The highest BCUT2D eigenvalue weighted by Gasteiger charge is 2.22. The van der Waals surface area contributed by atoms with Gasteiger partial charge in [0.15, 0.2) is 0 Å². The van der Waals surface area contributed by atoms with Gasteiger partial charge in [-0.15, -0.1) is 0 Å². The number of benzene rings is 3. The second-order valence-corrected chi connectivity index (χ2v) is 9.61. The highest BCUT2D eigenvalue weighted by molar-refractivity contribution is 6.06. The molecule has 1 aliphatic rings. The standard InChI is InChI=1S/C31H37N3O3/c1-3-37-21-7-18-32-31(36)28-22-27(14-15-29(28)34-19-16-23(2)17-20-34)33-30(35)26-12-10-25(11-13-26)24-8-5-4-6-9-24/h4-6,8-15,22-23H,3,7,16-21H2,1-2H3,(H,32,36)(H,33,35). The van der Waals surface area contributed by atoms with E-state index in [4.69, 9.17) is 4.74 Å². The summed E-state index contributed by atoms with van der Waals surface area (Å²) in [5.74, 6) is 0.356. The summed E-state index contributed by atoms with van der Waals surface area (Å²) in [7, 11) is 0. The van der Waals surface area contributed by atoms with Crippen LogP contribution in [0, 0.1) is 5.92 Å². The van der Waals surface area contributed by atoms with Crippen LogP contribution in [0.25, 0.3) is 11.1 Å². The largest absolute Gasteiger partial charge is 0.382 e. The SMILES string of the molecule is CCOCCCNC(=O)c1cc(NC(=O)c2ccc(-c3ccccc3)cc2)ccc1N1CCC(C)CC1. The maximum Gasteiger partial charge on any atom is 0.255 e. The average molecular weight is 500 g/mol. The van der Waals surface area contributed by atoms with Crippen molar-refractivity contribution in [1.82, 2.24) is 5.32 Å². The average Bonchev–Trinajstić information content (AvgIpc) is 2.94. The number of ether oxygens (including phenoxy) is 1. The van der Waals surface area contributed by atoms with E-state index in [1.54, 1.807) is 6.07 Å². The minimum Gasteiger partial charge on any atom is -0.382 e. The molecule has 1 fully saturated rings. The molecule has 0 spiro atoms. The quantitative estimate of drug-likeness (QED) is 0.336. The van der Waals surface area contributed by atoms with E-state index in [-0.39, 0.29) is 11.8 Å². The molecule has 2 N–H and O–H groups in total. The molecule has 4 rings (SSSR count). The lowest BCUT2D eigenvalue weighted by molar-refractivity contribution is 0.0943. The number of amides is 2. The zero-order valence-corrected chi connectivity index (χ0v) is 21.8. The van der Waals surface area contributed by atoms with Gasteiger partial charge in [-0.05, 0) is 73.6 Å². The molecular formula is C31H37N3O3. The summed E-state index contributed by atoms with van der Waals surface area (Å²) in [5.41, 5.74) is 4.83. The number of hydrogen-bond acceptors (Lipinski definition) is 4. The van der Waals surface area contributed by atoms with Gasteiger partial charge < -0.3 is 20.3 Å². The molecule has 3 aromatic rings. The number of piperidine rings is 1. The Morgan fingerprint density at radius 2 is 1.62 bits per heavy atom. The van der Waals surface area contributed by atoms with Crippen LogP contribution in [0.15, 0.2) is 72.8 Å². The van der Waals surface area contributed by atoms with E-state index in [1.807, 2.05) is 73.7 Å². The molecule has 0 aliphatic carbocycles. The molecule has 0 atom stereocenters. The fraction of sp³-hybridized carbons (Fsp3) is 0.355. The van der Waals surface area contributed by atoms with Gasteiger partial charge in [0.25, 0.3) is 11.8 Å². The molecular weight excluding hydrogens is 462 g/mol. The fourth-order valence-corrected chi connectivity index (χ4v) is 4.58. The number of hydrogen-bond donors (Lipinski definition) is 2. The number of nitrogens with one attached hydrogen (secondary N) is 2. The Kier molecular flexibility index (Phi) is 9.33. The lowest BCUT2D eigenvalue weighted by Gasteiger charge is -2.33. The third kappa shape index (κ3) is 7.20. The van der Waals surface area contributed by atoms with Gasteiger partial charge in [-0.2, -0.15) is 0 Å². The smallest absolute Gasteiger partial charge is 0.255 e. The molecule has 0 unspecified atom stereocenters. The third-order valence-corrected chi connectivity index (χ3v) is 6.83. The summed E-state index contributed by atoms with van der Waals surface area (Å²) in [6, 6.07) is 23.3. The summed E-state index contributed by atoms with van der Waals surface area (Å²) in [5, 5.41) is 6.00. The van der Waals surface area contributed by atoms with Crippen molar-refractivity contribution in [3.8, 4) is 11.1 Å².